The van der Waals surface area contributed by atoms with Crippen LogP contribution in [0, 0.1) is 5.82 Å². The van der Waals surface area contributed by atoms with E-state index in [0.29, 0.717) is 18.4 Å². The van der Waals surface area contributed by atoms with Crippen molar-refractivity contribution in [1.82, 2.24) is 4.31 Å². The van der Waals surface area contributed by atoms with E-state index in [9.17, 15) is 26.0 Å². The first-order chi connectivity index (χ1) is 13.1. The third-order valence-corrected chi connectivity index (χ3v) is 8.89. The highest BCUT2D eigenvalue weighted by atomic mass is 32.2. The molecular formula is C19H20FNO5S2. The Balaban J connectivity index is 1.85. The molecule has 0 aromatic heterocycles. The van der Waals surface area contributed by atoms with Gasteiger partial charge >= 0.3 is 0 Å². The maximum atomic E-state index is 13.1. The minimum absolute atomic E-state index is 0.0114. The fraction of sp³-hybridized carbons (Fsp3) is 0.316. The Bertz CT molecular complexity index is 1080. The molecule has 1 fully saturated rings. The number of sulfonamides is 1. The maximum absolute atomic E-state index is 13.1. The Morgan fingerprint density at radius 2 is 1.54 bits per heavy atom. The summed E-state index contributed by atoms with van der Waals surface area (Å²) in [7, 11) is -7.68. The Labute approximate surface area is 164 Å². The topological polar surface area (TPSA) is 88.6 Å². The zero-order valence-corrected chi connectivity index (χ0v) is 16.8. The molecule has 0 bridgehead atoms. The normalized spacial score (nSPS) is 18.7. The lowest BCUT2D eigenvalue weighted by Gasteiger charge is -2.31. The smallest absolute Gasteiger partial charge is 0.243 e. The fourth-order valence-corrected chi connectivity index (χ4v) is 6.58. The van der Waals surface area contributed by atoms with Crippen molar-refractivity contribution in [1.29, 1.82) is 0 Å². The summed E-state index contributed by atoms with van der Waals surface area (Å²) in [6.45, 7) is 1.43. The lowest BCUT2D eigenvalue weighted by atomic mass is 10.2. The van der Waals surface area contributed by atoms with Gasteiger partial charge in [-0.1, -0.05) is 12.1 Å². The van der Waals surface area contributed by atoms with Crippen molar-refractivity contribution in [2.45, 2.75) is 34.8 Å². The molecule has 2 aromatic carbocycles. The van der Waals surface area contributed by atoms with E-state index >= 15 is 0 Å². The summed E-state index contributed by atoms with van der Waals surface area (Å²) in [6, 6.07) is 10.1. The molecule has 6 nitrogen and oxygen atoms in total. The van der Waals surface area contributed by atoms with Crippen LogP contribution in [-0.4, -0.2) is 45.3 Å². The number of hydrogen-bond acceptors (Lipinski definition) is 5. The van der Waals surface area contributed by atoms with Gasteiger partial charge in [-0.2, -0.15) is 4.31 Å². The zero-order chi connectivity index (χ0) is 20.5. The van der Waals surface area contributed by atoms with E-state index < -0.39 is 30.9 Å². The monoisotopic (exact) mass is 425 g/mol. The minimum atomic E-state index is -3.89. The third-order valence-electron chi connectivity index (χ3n) is 4.82. The van der Waals surface area contributed by atoms with Crippen molar-refractivity contribution < 1.29 is 26.0 Å². The first-order valence-corrected chi connectivity index (χ1v) is 11.7. The third kappa shape index (κ3) is 4.01. The fourth-order valence-electron chi connectivity index (χ4n) is 3.20. The lowest BCUT2D eigenvalue weighted by molar-refractivity contribution is 0.101. The van der Waals surface area contributed by atoms with E-state index in [-0.39, 0.29) is 28.7 Å². The Morgan fingerprint density at radius 1 is 0.964 bits per heavy atom. The molecule has 150 valence electrons. The number of carbonyl (C=O) groups is 1. The lowest BCUT2D eigenvalue weighted by Crippen LogP contribution is -2.45. The van der Waals surface area contributed by atoms with E-state index in [2.05, 4.69) is 0 Å². The molecule has 0 radical (unpaired) electrons. The predicted molar refractivity (Wildman–Crippen MR) is 102 cm³/mol. The number of piperidine rings is 1. The molecule has 1 atom stereocenters. The van der Waals surface area contributed by atoms with Crippen LogP contribution in [0.1, 0.15) is 30.1 Å². The molecule has 3 rings (SSSR count). The second-order valence-electron chi connectivity index (χ2n) is 6.71. The number of hydrogen-bond donors (Lipinski definition) is 0. The largest absolute Gasteiger partial charge is 0.295 e. The van der Waals surface area contributed by atoms with E-state index in [0.717, 1.165) is 16.4 Å². The van der Waals surface area contributed by atoms with E-state index in [1.165, 1.54) is 43.3 Å². The molecule has 0 saturated carbocycles. The highest BCUT2D eigenvalue weighted by Gasteiger charge is 2.37. The van der Waals surface area contributed by atoms with Gasteiger partial charge in [0, 0.05) is 18.7 Å². The molecule has 0 amide bonds. The standard InChI is InChI=1S/C19H20FNO5S2/c1-14(22)15-4-8-18(9-5-15)28(25,26)21-12-2-3-19(13-21)27(23,24)17-10-6-16(20)7-11-17/h4-11,19H,2-3,12-13H2,1H3/t19-/m0/s1. The van der Waals surface area contributed by atoms with Crippen molar-refractivity contribution in [2.75, 3.05) is 13.1 Å². The molecule has 0 unspecified atom stereocenters. The number of halogens is 1. The Hall–Kier alpha value is -2.10. The predicted octanol–water partition coefficient (Wildman–Crippen LogP) is 2.66. The summed E-state index contributed by atoms with van der Waals surface area (Å²) in [6.07, 6.45) is 0.727. The molecule has 1 saturated heterocycles. The van der Waals surface area contributed by atoms with E-state index in [1.54, 1.807) is 0 Å². The van der Waals surface area contributed by atoms with Crippen molar-refractivity contribution >= 4 is 25.6 Å². The van der Waals surface area contributed by atoms with Gasteiger partial charge in [0.2, 0.25) is 10.0 Å². The van der Waals surface area contributed by atoms with E-state index in [4.69, 9.17) is 0 Å². The second-order valence-corrected chi connectivity index (χ2v) is 10.9. The molecule has 1 aliphatic rings. The minimum Gasteiger partial charge on any atom is -0.295 e. The molecule has 0 spiro atoms. The number of sulfone groups is 1. The molecule has 28 heavy (non-hydrogen) atoms. The first kappa shape index (κ1) is 20.6. The molecule has 0 aliphatic carbocycles. The number of Topliss-reactive ketones (excluding diaryl/α,β-unsaturated/α-hetero) is 1. The summed E-state index contributed by atoms with van der Waals surface area (Å²) < 4.78 is 65.8. The van der Waals surface area contributed by atoms with Crippen molar-refractivity contribution in [2.24, 2.45) is 0 Å². The number of benzene rings is 2. The van der Waals surface area contributed by atoms with Gasteiger partial charge in [0.15, 0.2) is 15.6 Å². The van der Waals surface area contributed by atoms with Gasteiger partial charge in [0.25, 0.3) is 0 Å². The van der Waals surface area contributed by atoms with Crippen LogP contribution in [0.4, 0.5) is 4.39 Å². The maximum Gasteiger partial charge on any atom is 0.243 e. The molecular weight excluding hydrogens is 405 g/mol. The summed E-state index contributed by atoms with van der Waals surface area (Å²) in [4.78, 5) is 11.4. The van der Waals surface area contributed by atoms with Crippen LogP contribution < -0.4 is 0 Å². The first-order valence-electron chi connectivity index (χ1n) is 8.73. The number of rotatable bonds is 5. The van der Waals surface area contributed by atoms with Gasteiger partial charge < -0.3 is 0 Å². The zero-order valence-electron chi connectivity index (χ0n) is 15.2. The van der Waals surface area contributed by atoms with Gasteiger partial charge in [-0.3, -0.25) is 4.79 Å². The summed E-state index contributed by atoms with van der Waals surface area (Å²) in [5.41, 5.74) is 0.398. The van der Waals surface area contributed by atoms with Crippen LogP contribution >= 0.6 is 0 Å². The van der Waals surface area contributed by atoms with E-state index in [1.807, 2.05) is 0 Å². The van der Waals surface area contributed by atoms with Gasteiger partial charge in [-0.15, -0.1) is 0 Å². The average molecular weight is 426 g/mol. The second kappa shape index (κ2) is 7.73. The van der Waals surface area contributed by atoms with Gasteiger partial charge in [0.05, 0.1) is 15.0 Å². The number of ketones is 1. The highest BCUT2D eigenvalue weighted by Crippen LogP contribution is 2.27. The van der Waals surface area contributed by atoms with Crippen LogP contribution in [0.2, 0.25) is 0 Å². The summed E-state index contributed by atoms with van der Waals surface area (Å²) in [5, 5.41) is -0.905. The van der Waals surface area contributed by atoms with Crippen LogP contribution in [0.5, 0.6) is 0 Å². The SMILES string of the molecule is CC(=O)c1ccc(S(=O)(=O)N2CCC[C@H](S(=O)(=O)c3ccc(F)cc3)C2)cc1. The van der Waals surface area contributed by atoms with Crippen LogP contribution in [-0.2, 0) is 19.9 Å². The van der Waals surface area contributed by atoms with Crippen LogP contribution in [0.25, 0.3) is 0 Å². The van der Waals surface area contributed by atoms with Gasteiger partial charge in [-0.25, -0.2) is 21.2 Å². The Kier molecular flexibility index (Phi) is 5.69. The van der Waals surface area contributed by atoms with Crippen molar-refractivity contribution in [3.05, 3.63) is 59.9 Å². The molecule has 2 aromatic rings. The molecule has 1 heterocycles. The molecule has 0 N–H and O–H groups in total. The molecule has 1 aliphatic heterocycles. The van der Waals surface area contributed by atoms with Crippen LogP contribution in [0.15, 0.2) is 58.3 Å². The Morgan fingerprint density at radius 3 is 2.11 bits per heavy atom. The van der Waals surface area contributed by atoms with Gasteiger partial charge in [-0.05, 0) is 56.2 Å². The van der Waals surface area contributed by atoms with Crippen molar-refractivity contribution in [3.8, 4) is 0 Å². The summed E-state index contributed by atoms with van der Waals surface area (Å²) in [5.74, 6) is -0.715. The van der Waals surface area contributed by atoms with Crippen molar-refractivity contribution in [3.63, 3.8) is 0 Å². The number of nitrogens with zero attached hydrogens (tertiary/aromatic N) is 1. The average Bonchev–Trinajstić information content (AvgIpc) is 2.68. The van der Waals surface area contributed by atoms with Crippen LogP contribution in [0.3, 0.4) is 0 Å². The van der Waals surface area contributed by atoms with Gasteiger partial charge in [0.1, 0.15) is 5.82 Å². The summed E-state index contributed by atoms with van der Waals surface area (Å²) >= 11 is 0. The number of carbonyl (C=O) groups excluding carboxylic acids is 1. The highest BCUT2D eigenvalue weighted by molar-refractivity contribution is 7.92. The molecule has 9 heteroatoms. The quantitative estimate of drug-likeness (QED) is 0.543.